The highest BCUT2D eigenvalue weighted by Crippen LogP contribution is 2.21. The van der Waals surface area contributed by atoms with Crippen LogP contribution in [0.2, 0.25) is 0 Å². The number of nitrogens with one attached hydrogen (secondary N) is 14. The highest BCUT2D eigenvalue weighted by Gasteiger charge is 2.41. The summed E-state index contributed by atoms with van der Waals surface area (Å²) in [7, 11) is 0. The van der Waals surface area contributed by atoms with Crippen LogP contribution in [0.5, 0.6) is 0 Å². The van der Waals surface area contributed by atoms with Crippen LogP contribution in [0.3, 0.4) is 0 Å². The van der Waals surface area contributed by atoms with E-state index in [1.54, 1.807) is 30.5 Å². The first-order chi connectivity index (χ1) is 55.7. The first-order valence-corrected chi connectivity index (χ1v) is 37.8. The third-order valence-corrected chi connectivity index (χ3v) is 18.1. The van der Waals surface area contributed by atoms with Crippen LogP contribution in [0, 0.1) is 5.92 Å². The number of carbonyl (C=O) groups excluding carboxylic acids is 17. The van der Waals surface area contributed by atoms with E-state index in [0.29, 0.717) is 35.2 Å². The fourth-order valence-electron chi connectivity index (χ4n) is 12.0. The lowest BCUT2D eigenvalue weighted by molar-refractivity contribution is -0.156. The summed E-state index contributed by atoms with van der Waals surface area (Å²) in [4.78, 5) is 289. The zero-order valence-electron chi connectivity index (χ0n) is 65.3. The van der Waals surface area contributed by atoms with Gasteiger partial charge in [0.15, 0.2) is 5.78 Å². The van der Waals surface area contributed by atoms with Gasteiger partial charge in [0.1, 0.15) is 72.6 Å². The quantitative estimate of drug-likeness (QED) is 0.0111. The molecule has 1 aliphatic heterocycles. The van der Waals surface area contributed by atoms with E-state index in [1.807, 2.05) is 16.0 Å². The van der Waals surface area contributed by atoms with Gasteiger partial charge in [0, 0.05) is 54.0 Å². The number of carboxylic acid groups (broad SMARTS) is 4. The zero-order chi connectivity index (χ0) is 88.0. The average Bonchev–Trinajstić information content (AvgIpc) is 1.66. The van der Waals surface area contributed by atoms with E-state index >= 15 is 0 Å². The van der Waals surface area contributed by atoms with Crippen molar-refractivity contribution >= 4 is 141 Å². The van der Waals surface area contributed by atoms with Gasteiger partial charge < -0.3 is 122 Å². The Labute approximate surface area is 674 Å². The number of Topliss-reactive ketones (excluding diaryl/α,β-unsaturated/α-hetero) is 1. The standard InChI is InChI=1S/C74H104N18O26/c1-36(2)16-9-7-5-6-8-10-22-56(96)84-46(26-39-33-79-43-20-14-12-17-40(39)43)69(112)88-48(29-55(78)95)71(114)90-51(32-62(105)106)72(115)92-63-38(4)118-74(117)52(27-53(93)41-18-11-13-19-42(41)76)91-67(110)45(23-24-59(99)100)86-70(113)47(28-54(77)94)85-58(98)34-80-65(108)49(30-60(101)102)87-64(107)37(3)82-68(111)50(31-61(103)104)89-66(109)44(21-15-25-75)83-57(97)35-81-73(63)116/h11-14,17-20,33,36-38,44-52,63,79H,5-10,15-16,21-32,34-35,75-76H2,1-4H3,(H2,77,94)(H2,78,95)(H,80,108)(H,81,116)(H,82,111)(H,83,97)(H,84,96)(H,85,98)(H,86,113)(H,87,107)(H,88,112)(H,89,109)(H,90,114)(H,91,110)(H,92,115)(H,99,100)(H,101,102)(H,103,104)(H,105,106). The maximum atomic E-state index is 14.8. The number of unbranched alkanes of at least 4 members (excludes halogenated alkanes) is 5. The maximum absolute atomic E-state index is 14.8. The number of ether oxygens (including phenoxy) is 1. The molecular formula is C74H104N18O26. The second-order valence-electron chi connectivity index (χ2n) is 28.4. The molecule has 646 valence electrons. The number of carboxylic acids is 4. The molecule has 2 aromatic carbocycles. The van der Waals surface area contributed by atoms with Crippen molar-refractivity contribution in [2.45, 2.75) is 222 Å². The SMILES string of the molecule is CC(C)CCCCCCCCC(=O)NC(Cc1c[nH]c2ccccc12)C(=O)NC(CC(N)=O)C(=O)NC(CC(=O)O)C(=O)NC1C(=O)NCC(=O)NC(CCCN)C(=O)NC(CC(=O)O)C(=O)NC(C)C(=O)NC(CC(=O)O)C(=O)NCC(=O)NC(CC(N)=O)C(=O)NC(CCC(=O)O)C(=O)NC(CC(=O)c2ccccc2N)C(=O)OC1C. The topological polar surface area (TPSA) is 725 Å². The maximum Gasteiger partial charge on any atom is 0.329 e. The summed E-state index contributed by atoms with van der Waals surface area (Å²) < 4.78 is 5.67. The number of amides is 15. The van der Waals surface area contributed by atoms with Crippen molar-refractivity contribution in [1.82, 2.24) is 74.1 Å². The van der Waals surface area contributed by atoms with Crippen LogP contribution in [0.1, 0.15) is 159 Å². The van der Waals surface area contributed by atoms with Crippen LogP contribution in [0.15, 0.2) is 54.7 Å². The fourth-order valence-corrected chi connectivity index (χ4v) is 12.0. The van der Waals surface area contributed by atoms with Gasteiger partial charge in [0.05, 0.1) is 45.2 Å². The lowest BCUT2D eigenvalue weighted by Gasteiger charge is -2.29. The molecule has 0 spiro atoms. The van der Waals surface area contributed by atoms with Gasteiger partial charge in [-0.25, -0.2) is 4.79 Å². The van der Waals surface area contributed by atoms with Gasteiger partial charge in [-0.2, -0.15) is 0 Å². The summed E-state index contributed by atoms with van der Waals surface area (Å²) in [6, 6.07) is -10.8. The molecule has 12 atom stereocenters. The number of aliphatic carboxylic acids is 4. The normalized spacial score (nSPS) is 20.7. The van der Waals surface area contributed by atoms with Crippen LogP contribution in [-0.4, -0.2) is 242 Å². The molecule has 0 radical (unpaired) electrons. The number of rotatable bonds is 37. The van der Waals surface area contributed by atoms with Gasteiger partial charge in [-0.3, -0.25) is 95.9 Å². The second kappa shape index (κ2) is 48.9. The molecule has 1 aliphatic rings. The highest BCUT2D eigenvalue weighted by atomic mass is 16.5. The molecule has 1 fully saturated rings. The minimum Gasteiger partial charge on any atom is -0.481 e. The Morgan fingerprint density at radius 3 is 1.61 bits per heavy atom. The van der Waals surface area contributed by atoms with Crippen molar-refractivity contribution in [3.63, 3.8) is 0 Å². The number of ketones is 1. The Balaban J connectivity index is 1.87. The minimum atomic E-state index is -2.46. The third-order valence-electron chi connectivity index (χ3n) is 18.1. The molecule has 44 heteroatoms. The van der Waals surface area contributed by atoms with Crippen molar-refractivity contribution in [3.8, 4) is 0 Å². The number of carbonyl (C=O) groups is 21. The van der Waals surface area contributed by atoms with Gasteiger partial charge in [-0.05, 0) is 75.8 Å². The van der Waals surface area contributed by atoms with E-state index in [9.17, 15) is 121 Å². The van der Waals surface area contributed by atoms with Crippen molar-refractivity contribution in [3.05, 3.63) is 65.9 Å². The first kappa shape index (κ1) is 97.2. The molecule has 0 bridgehead atoms. The Morgan fingerprint density at radius 1 is 0.500 bits per heavy atom. The number of fused-ring (bicyclic) bond motifs is 1. The number of primary amides is 2. The number of hydrogen-bond acceptors (Lipinski definition) is 24. The summed E-state index contributed by atoms with van der Waals surface area (Å²) in [6.45, 7) is 3.46. The molecule has 12 unspecified atom stereocenters. The third kappa shape index (κ3) is 34.5. The Kier molecular flexibility index (Phi) is 40.3. The first-order valence-electron chi connectivity index (χ1n) is 37.8. The Bertz CT molecular complexity index is 4170. The van der Waals surface area contributed by atoms with Crippen molar-refractivity contribution in [1.29, 1.82) is 0 Å². The number of anilines is 1. The molecule has 118 heavy (non-hydrogen) atoms. The number of esters is 1. The molecule has 4 rings (SSSR count). The number of para-hydroxylation sites is 2. The van der Waals surface area contributed by atoms with E-state index in [-0.39, 0.29) is 37.1 Å². The monoisotopic (exact) mass is 1660 g/mol. The van der Waals surface area contributed by atoms with E-state index < -0.39 is 268 Å². The van der Waals surface area contributed by atoms with E-state index in [4.69, 9.17) is 27.7 Å². The van der Waals surface area contributed by atoms with Crippen molar-refractivity contribution < 1.29 is 126 Å². The van der Waals surface area contributed by atoms with E-state index in [0.717, 1.165) is 46.0 Å². The van der Waals surface area contributed by atoms with Crippen molar-refractivity contribution in [2.75, 3.05) is 25.4 Å². The lowest BCUT2D eigenvalue weighted by Crippen LogP contribution is -2.61. The van der Waals surface area contributed by atoms with Crippen LogP contribution in [0.25, 0.3) is 10.9 Å². The molecule has 44 nitrogen and oxygen atoms in total. The molecule has 1 saturated heterocycles. The molecule has 26 N–H and O–H groups in total. The van der Waals surface area contributed by atoms with E-state index in [2.05, 4.69) is 72.0 Å². The predicted molar refractivity (Wildman–Crippen MR) is 412 cm³/mol. The largest absolute Gasteiger partial charge is 0.481 e. The molecule has 0 saturated carbocycles. The highest BCUT2D eigenvalue weighted by molar-refractivity contribution is 6.05. The lowest BCUT2D eigenvalue weighted by atomic mass is 10.0. The van der Waals surface area contributed by atoms with Gasteiger partial charge in [-0.1, -0.05) is 82.7 Å². The number of benzene rings is 2. The fraction of sp³-hybridized carbons (Fsp3) is 0.527. The molecular weight excluding hydrogens is 1560 g/mol. The predicted octanol–water partition coefficient (Wildman–Crippen LogP) is -5.35. The molecule has 3 aromatic rings. The van der Waals surface area contributed by atoms with Gasteiger partial charge in [0.2, 0.25) is 88.6 Å². The molecule has 2 heterocycles. The molecule has 15 amide bonds. The average molecular weight is 1660 g/mol. The summed E-state index contributed by atoms with van der Waals surface area (Å²) >= 11 is 0. The smallest absolute Gasteiger partial charge is 0.329 e. The second-order valence-corrected chi connectivity index (χ2v) is 28.4. The Hall–Kier alpha value is -13.2. The van der Waals surface area contributed by atoms with E-state index in [1.165, 1.54) is 24.3 Å². The minimum absolute atomic E-state index is 0.0246. The van der Waals surface area contributed by atoms with Crippen LogP contribution >= 0.6 is 0 Å². The van der Waals surface area contributed by atoms with Gasteiger partial charge in [0.25, 0.3) is 0 Å². The number of H-pyrrole nitrogens is 1. The summed E-state index contributed by atoms with van der Waals surface area (Å²) in [5.74, 6) is -29.3. The van der Waals surface area contributed by atoms with Gasteiger partial charge in [-0.15, -0.1) is 0 Å². The number of aromatic nitrogens is 1. The number of hydrogen-bond donors (Lipinski definition) is 22. The number of nitrogen functional groups attached to an aromatic ring is 1. The van der Waals surface area contributed by atoms with Crippen LogP contribution in [-0.2, 0) is 107 Å². The summed E-state index contributed by atoms with van der Waals surface area (Å²) in [5.41, 5.74) is 23.4. The Morgan fingerprint density at radius 2 is 1.02 bits per heavy atom. The van der Waals surface area contributed by atoms with Crippen molar-refractivity contribution in [2.24, 2.45) is 23.1 Å². The molecule has 1 aromatic heterocycles. The zero-order valence-corrected chi connectivity index (χ0v) is 65.3. The molecule has 0 aliphatic carbocycles. The summed E-state index contributed by atoms with van der Waals surface area (Å²) in [6.07, 6.45) is -4.44. The summed E-state index contributed by atoms with van der Waals surface area (Å²) in [5, 5.41) is 68.1. The van der Waals surface area contributed by atoms with Crippen LogP contribution < -0.4 is 92.1 Å². The van der Waals surface area contributed by atoms with Gasteiger partial charge >= 0.3 is 29.8 Å². The van der Waals surface area contributed by atoms with Crippen LogP contribution in [0.4, 0.5) is 5.69 Å². The number of nitrogens with two attached hydrogens (primary N) is 4. The number of aromatic amines is 1. The number of cyclic esters (lactones) is 1.